The van der Waals surface area contributed by atoms with Gasteiger partial charge in [0.25, 0.3) is 0 Å². The van der Waals surface area contributed by atoms with E-state index in [0.29, 0.717) is 12.8 Å². The van der Waals surface area contributed by atoms with Gasteiger partial charge in [-0.2, -0.15) is 0 Å². The molecule has 5 heteroatoms. The molecular weight excluding hydrogens is 154 g/mol. The Morgan fingerprint density at radius 2 is 2.50 bits per heavy atom. The van der Waals surface area contributed by atoms with Gasteiger partial charge in [0, 0.05) is 6.42 Å². The Balaban J connectivity index is 2.31. The maximum absolute atomic E-state index is 10.6. The third-order valence-corrected chi connectivity index (χ3v) is 2.27. The van der Waals surface area contributed by atoms with Crippen molar-refractivity contribution in [3.63, 3.8) is 0 Å². The summed E-state index contributed by atoms with van der Waals surface area (Å²) in [6.07, 6.45) is 0.0398. The van der Waals surface area contributed by atoms with Gasteiger partial charge in [-0.25, -0.2) is 4.79 Å². The van der Waals surface area contributed by atoms with Crippen molar-refractivity contribution in [1.29, 1.82) is 0 Å². The molecule has 1 heterocycles. The highest BCUT2D eigenvalue weighted by atomic mass is 32.2. The zero-order valence-corrected chi connectivity index (χ0v) is 5.98. The van der Waals surface area contributed by atoms with Crippen molar-refractivity contribution in [1.82, 2.24) is 5.32 Å². The molecule has 1 amide bonds. The van der Waals surface area contributed by atoms with Crippen LogP contribution >= 0.6 is 11.8 Å². The molecule has 56 valence electrons. The maximum Gasteiger partial charge on any atom is 0.405 e. The van der Waals surface area contributed by atoms with E-state index in [0.717, 1.165) is 11.8 Å². The molecule has 1 atom stereocenters. The van der Waals surface area contributed by atoms with Crippen LogP contribution in [0.4, 0.5) is 4.79 Å². The first-order valence-corrected chi connectivity index (χ1v) is 3.75. The fourth-order valence-electron chi connectivity index (χ4n) is 0.765. The molecule has 2 N–H and O–H groups in total. The van der Waals surface area contributed by atoms with E-state index in [9.17, 15) is 9.59 Å². The molecule has 0 radical (unpaired) electrons. The average Bonchev–Trinajstić information content (AvgIpc) is 2.13. The normalized spacial score (nSPS) is 24.8. The second kappa shape index (κ2) is 2.92. The zero-order valence-electron chi connectivity index (χ0n) is 5.16. The fraction of sp³-hybridized carbons (Fsp3) is 0.600. The largest absolute Gasteiger partial charge is 0.465 e. The van der Waals surface area contributed by atoms with E-state index in [1.54, 1.807) is 0 Å². The lowest BCUT2D eigenvalue weighted by atomic mass is 10.3. The molecule has 1 rings (SSSR count). The lowest BCUT2D eigenvalue weighted by Gasteiger charge is -2.04. The van der Waals surface area contributed by atoms with Crippen molar-refractivity contribution < 1.29 is 14.7 Å². The minimum Gasteiger partial charge on any atom is -0.465 e. The summed E-state index contributed by atoms with van der Waals surface area (Å²) < 4.78 is 0. The molecule has 4 nitrogen and oxygen atoms in total. The number of thioether (sulfide) groups is 1. The first-order valence-electron chi connectivity index (χ1n) is 2.87. The van der Waals surface area contributed by atoms with E-state index in [2.05, 4.69) is 5.32 Å². The third-order valence-electron chi connectivity index (χ3n) is 1.17. The zero-order chi connectivity index (χ0) is 7.56. The van der Waals surface area contributed by atoms with Gasteiger partial charge >= 0.3 is 6.09 Å². The molecular formula is C5H7NO3S. The van der Waals surface area contributed by atoms with E-state index >= 15 is 0 Å². The molecule has 0 saturated carbocycles. The van der Waals surface area contributed by atoms with Crippen LogP contribution in [0.2, 0.25) is 0 Å². The van der Waals surface area contributed by atoms with Crippen LogP contribution in [0.1, 0.15) is 12.8 Å². The average molecular weight is 161 g/mol. The van der Waals surface area contributed by atoms with Crippen LogP contribution in [0.3, 0.4) is 0 Å². The van der Waals surface area contributed by atoms with Crippen LogP contribution in [0.5, 0.6) is 0 Å². The molecule has 1 saturated heterocycles. The topological polar surface area (TPSA) is 66.4 Å². The molecule has 10 heavy (non-hydrogen) atoms. The highest BCUT2D eigenvalue weighted by Gasteiger charge is 2.23. The van der Waals surface area contributed by atoms with Crippen LogP contribution in [0.15, 0.2) is 0 Å². The van der Waals surface area contributed by atoms with Crippen LogP contribution in [-0.2, 0) is 4.79 Å². The van der Waals surface area contributed by atoms with E-state index in [1.807, 2.05) is 0 Å². The monoisotopic (exact) mass is 161 g/mol. The highest BCUT2D eigenvalue weighted by Crippen LogP contribution is 2.25. The summed E-state index contributed by atoms with van der Waals surface area (Å²) in [7, 11) is 0. The van der Waals surface area contributed by atoms with Gasteiger partial charge < -0.3 is 10.4 Å². The molecule has 1 fully saturated rings. The summed E-state index contributed by atoms with van der Waals surface area (Å²) in [5.74, 6) is 0. The lowest BCUT2D eigenvalue weighted by molar-refractivity contribution is -0.110. The Hall–Kier alpha value is -0.710. The summed E-state index contributed by atoms with van der Waals surface area (Å²) in [5.41, 5.74) is 0. The van der Waals surface area contributed by atoms with Crippen molar-refractivity contribution in [2.45, 2.75) is 18.2 Å². The standard InChI is InChI=1S/C5H7NO3S/c7-4-2-1-3(10-4)6-5(8)9/h3,6H,1-2H2,(H,8,9). The van der Waals surface area contributed by atoms with E-state index in [1.165, 1.54) is 0 Å². The van der Waals surface area contributed by atoms with Crippen LogP contribution < -0.4 is 5.32 Å². The molecule has 1 unspecified atom stereocenters. The Morgan fingerprint density at radius 1 is 1.80 bits per heavy atom. The summed E-state index contributed by atoms with van der Waals surface area (Å²) in [6, 6.07) is 0. The molecule has 0 aliphatic carbocycles. The minimum absolute atomic E-state index is 0.0683. The van der Waals surface area contributed by atoms with Gasteiger partial charge in [0.2, 0.25) is 0 Å². The first-order chi connectivity index (χ1) is 4.68. The Labute approximate surface area is 62.0 Å². The van der Waals surface area contributed by atoms with Crippen molar-refractivity contribution in [3.8, 4) is 0 Å². The summed E-state index contributed by atoms with van der Waals surface area (Å²) >= 11 is 1.06. The van der Waals surface area contributed by atoms with Gasteiger partial charge in [-0.15, -0.1) is 0 Å². The molecule has 0 spiro atoms. The molecule has 0 aromatic rings. The SMILES string of the molecule is O=C(O)NC1CCC(=O)S1. The predicted octanol–water partition coefficient (Wildman–Crippen LogP) is 0.634. The second-order valence-corrected chi connectivity index (χ2v) is 3.23. The molecule has 0 aromatic heterocycles. The van der Waals surface area contributed by atoms with Crippen LogP contribution in [0, 0.1) is 0 Å². The van der Waals surface area contributed by atoms with Crippen LogP contribution in [0.25, 0.3) is 0 Å². The third kappa shape index (κ3) is 1.91. The van der Waals surface area contributed by atoms with Gasteiger partial charge in [-0.1, -0.05) is 11.8 Å². The molecule has 1 aliphatic rings. The van der Waals surface area contributed by atoms with E-state index in [-0.39, 0.29) is 10.5 Å². The molecule has 0 aromatic carbocycles. The summed E-state index contributed by atoms with van der Waals surface area (Å²) in [4.78, 5) is 20.6. The quantitative estimate of drug-likeness (QED) is 0.592. The van der Waals surface area contributed by atoms with Crippen molar-refractivity contribution in [3.05, 3.63) is 0 Å². The number of hydrogen-bond acceptors (Lipinski definition) is 3. The van der Waals surface area contributed by atoms with Gasteiger partial charge in [-0.3, -0.25) is 4.79 Å². The highest BCUT2D eigenvalue weighted by molar-refractivity contribution is 8.14. The smallest absolute Gasteiger partial charge is 0.405 e. The van der Waals surface area contributed by atoms with Crippen molar-refractivity contribution >= 4 is 23.0 Å². The van der Waals surface area contributed by atoms with E-state index < -0.39 is 6.09 Å². The second-order valence-electron chi connectivity index (χ2n) is 1.97. The Bertz CT molecular complexity index is 170. The predicted molar refractivity (Wildman–Crippen MR) is 36.8 cm³/mol. The number of carbonyl (C=O) groups is 2. The van der Waals surface area contributed by atoms with Gasteiger partial charge in [-0.05, 0) is 6.42 Å². The van der Waals surface area contributed by atoms with Crippen molar-refractivity contribution in [2.24, 2.45) is 0 Å². The van der Waals surface area contributed by atoms with Crippen molar-refractivity contribution in [2.75, 3.05) is 0 Å². The number of nitrogens with one attached hydrogen (secondary N) is 1. The maximum atomic E-state index is 10.6. The number of carboxylic acid groups (broad SMARTS) is 1. The number of carbonyl (C=O) groups excluding carboxylic acids is 1. The molecule has 0 bridgehead atoms. The Kier molecular flexibility index (Phi) is 2.16. The minimum atomic E-state index is -1.06. The summed E-state index contributed by atoms with van der Waals surface area (Å²) in [5, 5.41) is 10.3. The molecule has 1 aliphatic heterocycles. The number of hydrogen-bond donors (Lipinski definition) is 2. The van der Waals surface area contributed by atoms with Crippen LogP contribution in [-0.4, -0.2) is 21.7 Å². The first kappa shape index (κ1) is 7.40. The summed E-state index contributed by atoms with van der Waals surface area (Å²) in [6.45, 7) is 0. The lowest BCUT2D eigenvalue weighted by Crippen LogP contribution is -2.28. The number of amides is 1. The van der Waals surface area contributed by atoms with Gasteiger partial charge in [0.1, 0.15) is 0 Å². The number of rotatable bonds is 1. The fourth-order valence-corrected chi connectivity index (χ4v) is 1.71. The Morgan fingerprint density at radius 3 is 2.90 bits per heavy atom. The van der Waals surface area contributed by atoms with Gasteiger partial charge in [0.15, 0.2) is 5.12 Å². The van der Waals surface area contributed by atoms with E-state index in [4.69, 9.17) is 5.11 Å². The van der Waals surface area contributed by atoms with Gasteiger partial charge in [0.05, 0.1) is 5.37 Å².